The molecule has 0 aliphatic carbocycles. The van der Waals surface area contributed by atoms with E-state index in [4.69, 9.17) is 28.4 Å². The zero-order valence-corrected chi connectivity index (χ0v) is 17.6. The number of carbonyl (C=O) groups is 2. The van der Waals surface area contributed by atoms with Crippen molar-refractivity contribution in [1.29, 1.82) is 0 Å². The monoisotopic (exact) mass is 392 g/mol. The Morgan fingerprint density at radius 3 is 1.56 bits per heavy atom. The lowest BCUT2D eigenvalue weighted by atomic mass is 9.93. The van der Waals surface area contributed by atoms with Crippen LogP contribution in [-0.4, -0.2) is 77.0 Å². The predicted octanol–water partition coefficient (Wildman–Crippen LogP) is 1.98. The topological polar surface area (TPSA) is 89.5 Å². The molecule has 0 aromatic rings. The van der Waals surface area contributed by atoms with Crippen LogP contribution in [0.1, 0.15) is 41.5 Å². The maximum absolute atomic E-state index is 12.4. The lowest BCUT2D eigenvalue weighted by Gasteiger charge is -2.28. The summed E-state index contributed by atoms with van der Waals surface area (Å²) >= 11 is 0. The van der Waals surface area contributed by atoms with E-state index in [9.17, 15) is 9.59 Å². The summed E-state index contributed by atoms with van der Waals surface area (Å²) in [7, 11) is 0. The van der Waals surface area contributed by atoms with Gasteiger partial charge in [-0.15, -0.1) is 0 Å². The number of rotatable bonds is 16. The Hall–Kier alpha value is -1.22. The highest BCUT2D eigenvalue weighted by molar-refractivity contribution is 5.79. The number of ether oxygens (including phenoxy) is 6. The van der Waals surface area contributed by atoms with E-state index in [1.165, 1.54) is 0 Å². The molecule has 8 nitrogen and oxygen atoms in total. The highest BCUT2D eigenvalue weighted by Crippen LogP contribution is 2.20. The van der Waals surface area contributed by atoms with Crippen molar-refractivity contribution in [2.45, 2.75) is 47.1 Å². The van der Waals surface area contributed by atoms with Crippen LogP contribution in [0.3, 0.4) is 0 Å². The van der Waals surface area contributed by atoms with Crippen molar-refractivity contribution in [3.63, 3.8) is 0 Å². The van der Waals surface area contributed by atoms with E-state index in [1.807, 2.05) is 20.8 Å². The summed E-state index contributed by atoms with van der Waals surface area (Å²) in [5.74, 6) is -1.01. The maximum atomic E-state index is 12.4. The molecular formula is C19H36O8. The third-order valence-corrected chi connectivity index (χ3v) is 3.77. The first-order valence-electron chi connectivity index (χ1n) is 9.51. The summed E-state index contributed by atoms with van der Waals surface area (Å²) in [6.07, 6.45) is 0. The fourth-order valence-electron chi connectivity index (χ4n) is 2.18. The smallest absolute Gasteiger partial charge is 0.340 e. The normalized spacial score (nSPS) is 13.9. The highest BCUT2D eigenvalue weighted by atomic mass is 16.6. The SMILES string of the molecule is CCOCC(C)(COCC)C(=O)OCCOC(=O)C(C)(COCC)OCC. The molecule has 0 aromatic carbocycles. The molecule has 0 saturated heterocycles. The first-order chi connectivity index (χ1) is 12.8. The van der Waals surface area contributed by atoms with Crippen LogP contribution in [0.2, 0.25) is 0 Å². The minimum atomic E-state index is -1.19. The third kappa shape index (κ3) is 9.51. The van der Waals surface area contributed by atoms with Crippen molar-refractivity contribution in [2.24, 2.45) is 5.41 Å². The molecule has 0 fully saturated rings. The Balaban J connectivity index is 4.53. The van der Waals surface area contributed by atoms with E-state index in [1.54, 1.807) is 20.8 Å². The van der Waals surface area contributed by atoms with E-state index >= 15 is 0 Å². The van der Waals surface area contributed by atoms with Gasteiger partial charge in [-0.25, -0.2) is 4.79 Å². The quantitative estimate of drug-likeness (QED) is 0.291. The van der Waals surface area contributed by atoms with Crippen molar-refractivity contribution in [3.05, 3.63) is 0 Å². The van der Waals surface area contributed by atoms with Crippen molar-refractivity contribution in [2.75, 3.05) is 59.5 Å². The summed E-state index contributed by atoms with van der Waals surface area (Å²) in [6.45, 7) is 12.8. The first-order valence-corrected chi connectivity index (χ1v) is 9.51. The second-order valence-corrected chi connectivity index (χ2v) is 6.41. The van der Waals surface area contributed by atoms with Gasteiger partial charge in [-0.05, 0) is 41.5 Å². The lowest BCUT2D eigenvalue weighted by molar-refractivity contribution is -0.181. The average Bonchev–Trinajstić information content (AvgIpc) is 2.66. The molecule has 1 unspecified atom stereocenters. The van der Waals surface area contributed by atoms with Crippen LogP contribution < -0.4 is 0 Å². The van der Waals surface area contributed by atoms with Crippen LogP contribution in [0.5, 0.6) is 0 Å². The predicted molar refractivity (Wildman–Crippen MR) is 99.5 cm³/mol. The van der Waals surface area contributed by atoms with Gasteiger partial charge in [0.15, 0.2) is 5.60 Å². The van der Waals surface area contributed by atoms with Crippen LogP contribution in [0.15, 0.2) is 0 Å². The van der Waals surface area contributed by atoms with Crippen LogP contribution in [0.25, 0.3) is 0 Å². The average molecular weight is 392 g/mol. The summed E-state index contributed by atoms with van der Waals surface area (Å²) in [5.41, 5.74) is -2.10. The molecule has 1 atom stereocenters. The van der Waals surface area contributed by atoms with Gasteiger partial charge < -0.3 is 28.4 Å². The van der Waals surface area contributed by atoms with Gasteiger partial charge in [0.2, 0.25) is 0 Å². The fourth-order valence-corrected chi connectivity index (χ4v) is 2.18. The van der Waals surface area contributed by atoms with E-state index in [-0.39, 0.29) is 33.0 Å². The highest BCUT2D eigenvalue weighted by Gasteiger charge is 2.37. The summed E-state index contributed by atoms with van der Waals surface area (Å²) in [4.78, 5) is 24.7. The number of hydrogen-bond acceptors (Lipinski definition) is 8. The number of hydrogen-bond donors (Lipinski definition) is 0. The Morgan fingerprint density at radius 1 is 0.667 bits per heavy atom. The van der Waals surface area contributed by atoms with Crippen molar-refractivity contribution in [3.8, 4) is 0 Å². The Morgan fingerprint density at radius 2 is 1.11 bits per heavy atom. The lowest BCUT2D eigenvalue weighted by Crippen LogP contribution is -2.45. The minimum Gasteiger partial charge on any atom is -0.462 e. The van der Waals surface area contributed by atoms with Crippen LogP contribution >= 0.6 is 0 Å². The van der Waals surface area contributed by atoms with Gasteiger partial charge in [0.1, 0.15) is 18.6 Å². The fraction of sp³-hybridized carbons (Fsp3) is 0.895. The molecule has 0 N–H and O–H groups in total. The van der Waals surface area contributed by atoms with Gasteiger partial charge in [-0.2, -0.15) is 0 Å². The molecule has 0 heterocycles. The van der Waals surface area contributed by atoms with Crippen molar-refractivity contribution < 1.29 is 38.0 Å². The second-order valence-electron chi connectivity index (χ2n) is 6.41. The van der Waals surface area contributed by atoms with Gasteiger partial charge >= 0.3 is 11.9 Å². The van der Waals surface area contributed by atoms with E-state index in [0.717, 1.165) is 0 Å². The summed E-state index contributed by atoms with van der Waals surface area (Å²) in [5, 5.41) is 0. The number of esters is 2. The van der Waals surface area contributed by atoms with Crippen molar-refractivity contribution in [1.82, 2.24) is 0 Å². The van der Waals surface area contributed by atoms with Gasteiger partial charge in [0.25, 0.3) is 0 Å². The largest absolute Gasteiger partial charge is 0.462 e. The van der Waals surface area contributed by atoms with E-state index in [0.29, 0.717) is 26.4 Å². The first kappa shape index (κ1) is 25.8. The van der Waals surface area contributed by atoms with E-state index < -0.39 is 23.0 Å². The molecule has 8 heteroatoms. The van der Waals surface area contributed by atoms with Gasteiger partial charge in [0, 0.05) is 26.4 Å². The number of carbonyl (C=O) groups excluding carboxylic acids is 2. The Labute approximate surface area is 162 Å². The molecule has 0 aliphatic heterocycles. The molecule has 0 aliphatic rings. The van der Waals surface area contributed by atoms with E-state index in [2.05, 4.69) is 0 Å². The molecule has 0 bridgehead atoms. The van der Waals surface area contributed by atoms with Gasteiger partial charge in [-0.1, -0.05) is 0 Å². The van der Waals surface area contributed by atoms with Crippen molar-refractivity contribution >= 4 is 11.9 Å². The third-order valence-electron chi connectivity index (χ3n) is 3.77. The summed E-state index contributed by atoms with van der Waals surface area (Å²) in [6, 6.07) is 0. The molecule has 0 amide bonds. The Kier molecular flexibility index (Phi) is 13.2. The molecule has 0 radical (unpaired) electrons. The molecule has 0 rings (SSSR count). The molecule has 160 valence electrons. The molecule has 0 aromatic heterocycles. The molecule has 27 heavy (non-hydrogen) atoms. The summed E-state index contributed by atoms with van der Waals surface area (Å²) < 4.78 is 32.0. The van der Waals surface area contributed by atoms with Crippen LogP contribution in [0, 0.1) is 5.41 Å². The zero-order chi connectivity index (χ0) is 20.8. The van der Waals surface area contributed by atoms with Gasteiger partial charge in [-0.3, -0.25) is 4.79 Å². The maximum Gasteiger partial charge on any atom is 0.340 e. The minimum absolute atomic E-state index is 0.0603. The van der Waals surface area contributed by atoms with Gasteiger partial charge in [0.05, 0.1) is 19.8 Å². The second kappa shape index (κ2) is 13.9. The van der Waals surface area contributed by atoms with Crippen LogP contribution in [-0.2, 0) is 38.0 Å². The van der Waals surface area contributed by atoms with Crippen LogP contribution in [0.4, 0.5) is 0 Å². The standard InChI is InChI=1S/C19H36O8/c1-7-22-13-18(5,14-23-8-2)16(20)25-11-12-26-17(21)19(6,27-10-4)15-24-9-3/h7-15H2,1-6H3. The molecule has 0 spiro atoms. The Bertz CT molecular complexity index is 418. The molecule has 0 saturated carbocycles. The zero-order valence-electron chi connectivity index (χ0n) is 17.6. The molecular weight excluding hydrogens is 356 g/mol.